The van der Waals surface area contributed by atoms with Gasteiger partial charge in [0.15, 0.2) is 0 Å². The van der Waals surface area contributed by atoms with Crippen LogP contribution in [0.25, 0.3) is 0 Å². The molecule has 1 saturated heterocycles. The van der Waals surface area contributed by atoms with Crippen LogP contribution >= 0.6 is 11.6 Å². The second-order valence-electron chi connectivity index (χ2n) is 8.14. The number of rotatable bonds is 8. The van der Waals surface area contributed by atoms with Crippen LogP contribution < -0.4 is 15.6 Å². The topological polar surface area (TPSA) is 133 Å². The summed E-state index contributed by atoms with van der Waals surface area (Å²) in [6.45, 7) is 2.52. The van der Waals surface area contributed by atoms with Crippen LogP contribution in [0, 0.1) is 0 Å². The Labute approximate surface area is 223 Å². The fourth-order valence-electron chi connectivity index (χ4n) is 3.54. The molecule has 2 heterocycles. The second kappa shape index (κ2) is 12.1. The SMILES string of the molecule is Oc1ccc(N=Nc2ccccc2Cl)cc1/C=N\Nc1nc(Nc2ccccc2)nc(N2CCOCC2)n1. The summed E-state index contributed by atoms with van der Waals surface area (Å²) in [5.74, 6) is 1.15. The van der Waals surface area contributed by atoms with E-state index < -0.39 is 0 Å². The van der Waals surface area contributed by atoms with Gasteiger partial charge in [-0.25, -0.2) is 5.43 Å². The number of hydrazone groups is 1. The summed E-state index contributed by atoms with van der Waals surface area (Å²) in [6.07, 6.45) is 1.45. The molecule has 3 aromatic carbocycles. The van der Waals surface area contributed by atoms with Gasteiger partial charge in [0.1, 0.15) is 11.4 Å². The predicted molar refractivity (Wildman–Crippen MR) is 148 cm³/mol. The molecule has 0 radical (unpaired) electrons. The van der Waals surface area contributed by atoms with E-state index in [0.717, 1.165) is 5.69 Å². The van der Waals surface area contributed by atoms with Crippen molar-refractivity contribution < 1.29 is 9.84 Å². The summed E-state index contributed by atoms with van der Waals surface area (Å²) >= 11 is 6.14. The highest BCUT2D eigenvalue weighted by atomic mass is 35.5. The number of hydrogen-bond acceptors (Lipinski definition) is 11. The summed E-state index contributed by atoms with van der Waals surface area (Å²) in [5, 5.41) is 26.6. The molecule has 1 aromatic heterocycles. The first-order valence-corrected chi connectivity index (χ1v) is 12.2. The molecule has 0 unspecified atom stereocenters. The van der Waals surface area contributed by atoms with Crippen molar-refractivity contribution in [3.05, 3.63) is 83.4 Å². The van der Waals surface area contributed by atoms with Gasteiger partial charge < -0.3 is 20.1 Å². The summed E-state index contributed by atoms with van der Waals surface area (Å²) in [6, 6.07) is 21.6. The number of nitrogens with one attached hydrogen (secondary N) is 2. The van der Waals surface area contributed by atoms with Gasteiger partial charge in [-0.3, -0.25) is 0 Å². The van der Waals surface area contributed by atoms with Gasteiger partial charge in [-0.1, -0.05) is 41.9 Å². The van der Waals surface area contributed by atoms with Gasteiger partial charge in [0, 0.05) is 24.3 Å². The Balaban J connectivity index is 1.35. The van der Waals surface area contributed by atoms with Gasteiger partial charge in [-0.05, 0) is 42.5 Å². The monoisotopic (exact) mass is 529 g/mol. The van der Waals surface area contributed by atoms with Crippen molar-refractivity contribution in [1.82, 2.24) is 15.0 Å². The molecule has 1 aliphatic heterocycles. The van der Waals surface area contributed by atoms with Crippen molar-refractivity contribution in [3.8, 4) is 5.75 Å². The number of azo groups is 1. The van der Waals surface area contributed by atoms with E-state index in [0.29, 0.717) is 60.2 Å². The average molecular weight is 530 g/mol. The van der Waals surface area contributed by atoms with Crippen LogP contribution in [0.1, 0.15) is 5.56 Å². The van der Waals surface area contributed by atoms with E-state index in [-0.39, 0.29) is 11.7 Å². The van der Waals surface area contributed by atoms with E-state index in [1.165, 1.54) is 12.3 Å². The number of anilines is 4. The zero-order chi connectivity index (χ0) is 26.2. The maximum atomic E-state index is 10.3. The van der Waals surface area contributed by atoms with E-state index in [1.807, 2.05) is 47.4 Å². The maximum Gasteiger partial charge on any atom is 0.250 e. The number of phenolic OH excluding ortho intramolecular Hbond substituents is 1. The Morgan fingerprint density at radius 3 is 2.47 bits per heavy atom. The van der Waals surface area contributed by atoms with E-state index in [2.05, 4.69) is 41.0 Å². The molecule has 0 spiro atoms. The van der Waals surface area contributed by atoms with Crippen LogP contribution in [-0.4, -0.2) is 52.6 Å². The third-order valence-electron chi connectivity index (χ3n) is 5.45. The van der Waals surface area contributed by atoms with Crippen molar-refractivity contribution in [2.75, 3.05) is 41.9 Å². The van der Waals surface area contributed by atoms with E-state index in [9.17, 15) is 5.11 Å². The lowest BCUT2D eigenvalue weighted by Crippen LogP contribution is -2.37. The molecule has 3 N–H and O–H groups in total. The van der Waals surface area contributed by atoms with Crippen LogP contribution in [0.2, 0.25) is 5.02 Å². The molecule has 0 saturated carbocycles. The Bertz CT molecular complexity index is 1440. The highest BCUT2D eigenvalue weighted by Gasteiger charge is 2.16. The molecule has 0 aliphatic carbocycles. The van der Waals surface area contributed by atoms with Crippen LogP contribution in [-0.2, 0) is 4.74 Å². The zero-order valence-corrected chi connectivity index (χ0v) is 21.0. The van der Waals surface area contributed by atoms with Crippen molar-refractivity contribution in [2.45, 2.75) is 0 Å². The second-order valence-corrected chi connectivity index (χ2v) is 8.54. The van der Waals surface area contributed by atoms with Crippen molar-refractivity contribution in [3.63, 3.8) is 0 Å². The Morgan fingerprint density at radius 2 is 1.66 bits per heavy atom. The van der Waals surface area contributed by atoms with Crippen molar-refractivity contribution >= 4 is 52.7 Å². The van der Waals surface area contributed by atoms with E-state index >= 15 is 0 Å². The number of hydrogen-bond donors (Lipinski definition) is 3. The molecule has 38 heavy (non-hydrogen) atoms. The Morgan fingerprint density at radius 1 is 0.895 bits per heavy atom. The third-order valence-corrected chi connectivity index (χ3v) is 5.77. The smallest absolute Gasteiger partial charge is 0.250 e. The lowest BCUT2D eigenvalue weighted by molar-refractivity contribution is 0.122. The third kappa shape index (κ3) is 6.58. The molecule has 0 bridgehead atoms. The standard InChI is InChI=1S/C26H24ClN9O2/c27-21-8-4-5-9-22(21)34-33-20-10-11-23(37)18(16-20)17-28-35-25-30-24(29-19-6-2-1-3-7-19)31-26(32-25)36-12-14-38-15-13-36/h1-11,16-17,37H,12-15H2,(H2,29,30,31,32,35)/b28-17-,34-33?. The number of nitrogens with zero attached hydrogens (tertiary/aromatic N) is 7. The first-order chi connectivity index (χ1) is 18.6. The molecule has 4 aromatic rings. The fourth-order valence-corrected chi connectivity index (χ4v) is 3.71. The van der Waals surface area contributed by atoms with Crippen molar-refractivity contribution in [2.24, 2.45) is 15.3 Å². The normalized spacial score (nSPS) is 13.8. The van der Waals surface area contributed by atoms with Gasteiger partial charge in [-0.15, -0.1) is 5.11 Å². The molecule has 11 nitrogen and oxygen atoms in total. The molecule has 1 fully saturated rings. The number of aromatic hydroxyl groups is 1. The summed E-state index contributed by atoms with van der Waals surface area (Å²) in [7, 11) is 0. The van der Waals surface area contributed by atoms with Crippen LogP contribution in [0.5, 0.6) is 5.75 Å². The quantitative estimate of drug-likeness (QED) is 0.151. The zero-order valence-electron chi connectivity index (χ0n) is 20.2. The number of ether oxygens (including phenoxy) is 1. The molecular formula is C26H24ClN9O2. The van der Waals surface area contributed by atoms with Crippen LogP contribution in [0.3, 0.4) is 0 Å². The summed E-state index contributed by atoms with van der Waals surface area (Å²) < 4.78 is 5.45. The number of halogens is 1. The molecule has 5 rings (SSSR count). The van der Waals surface area contributed by atoms with Crippen LogP contribution in [0.15, 0.2) is 88.1 Å². The largest absolute Gasteiger partial charge is 0.507 e. The summed E-state index contributed by atoms with van der Waals surface area (Å²) in [4.78, 5) is 15.5. The van der Waals surface area contributed by atoms with Gasteiger partial charge >= 0.3 is 0 Å². The average Bonchev–Trinajstić information content (AvgIpc) is 2.95. The summed E-state index contributed by atoms with van der Waals surface area (Å²) in [5.41, 5.74) is 5.18. The molecular weight excluding hydrogens is 506 g/mol. The highest BCUT2D eigenvalue weighted by molar-refractivity contribution is 6.32. The maximum absolute atomic E-state index is 10.3. The molecule has 192 valence electrons. The number of phenols is 1. The number of benzene rings is 3. The molecule has 12 heteroatoms. The Kier molecular flexibility index (Phi) is 7.97. The molecule has 1 aliphatic rings. The minimum Gasteiger partial charge on any atom is -0.507 e. The van der Waals surface area contributed by atoms with Crippen molar-refractivity contribution in [1.29, 1.82) is 0 Å². The fraction of sp³-hybridized carbons (Fsp3) is 0.154. The van der Waals surface area contributed by atoms with Crippen LogP contribution in [0.4, 0.5) is 34.9 Å². The molecule has 0 amide bonds. The minimum atomic E-state index is 0.0309. The highest BCUT2D eigenvalue weighted by Crippen LogP contribution is 2.28. The first-order valence-electron chi connectivity index (χ1n) is 11.8. The lowest BCUT2D eigenvalue weighted by Gasteiger charge is -2.27. The number of aromatic nitrogens is 3. The van der Waals surface area contributed by atoms with E-state index in [4.69, 9.17) is 16.3 Å². The number of morpholine rings is 1. The lowest BCUT2D eigenvalue weighted by atomic mass is 10.2. The Hall–Kier alpha value is -4.61. The molecule has 0 atom stereocenters. The van der Waals surface area contributed by atoms with Gasteiger partial charge in [-0.2, -0.15) is 25.2 Å². The van der Waals surface area contributed by atoms with Gasteiger partial charge in [0.25, 0.3) is 0 Å². The predicted octanol–water partition coefficient (Wildman–Crippen LogP) is 5.67. The van der Waals surface area contributed by atoms with Gasteiger partial charge in [0.05, 0.1) is 30.1 Å². The first kappa shape index (κ1) is 25.1. The van der Waals surface area contributed by atoms with E-state index in [1.54, 1.807) is 24.3 Å². The minimum absolute atomic E-state index is 0.0309. The van der Waals surface area contributed by atoms with Gasteiger partial charge in [0.2, 0.25) is 17.8 Å². The number of para-hydroxylation sites is 1.